The molecule has 3 heteroatoms. The molecule has 9 heavy (non-hydrogen) atoms. The molecule has 0 saturated carbocycles. The van der Waals surface area contributed by atoms with Crippen molar-refractivity contribution in [2.24, 2.45) is 5.92 Å². The Hall–Kier alpha value is 0.150. The Morgan fingerprint density at radius 3 is 2.11 bits per heavy atom. The van der Waals surface area contributed by atoms with Crippen LogP contribution in [-0.4, -0.2) is 11.8 Å². The van der Waals surface area contributed by atoms with Gasteiger partial charge in [0.2, 0.25) is 0 Å². The molecule has 0 heterocycles. The van der Waals surface area contributed by atoms with Crippen LogP contribution in [0.1, 0.15) is 20.3 Å². The Kier molecular flexibility index (Phi) is 3.41. The molecule has 0 aliphatic carbocycles. The SMILES string of the molecule is CC(C)C(F)(Cl)CCF. The molecule has 1 unspecified atom stereocenters. The van der Waals surface area contributed by atoms with Crippen LogP contribution in [0.2, 0.25) is 0 Å². The Morgan fingerprint density at radius 2 is 2.00 bits per heavy atom. The van der Waals surface area contributed by atoms with Gasteiger partial charge in [-0.1, -0.05) is 25.4 Å². The van der Waals surface area contributed by atoms with Gasteiger partial charge in [-0.05, 0) is 0 Å². The summed E-state index contributed by atoms with van der Waals surface area (Å²) in [6.07, 6.45) is -0.216. The maximum atomic E-state index is 12.7. The molecule has 0 fully saturated rings. The summed E-state index contributed by atoms with van der Waals surface area (Å²) in [5, 5.41) is -1.85. The van der Waals surface area contributed by atoms with E-state index in [9.17, 15) is 8.78 Å². The molecule has 0 spiro atoms. The van der Waals surface area contributed by atoms with E-state index in [2.05, 4.69) is 0 Å². The van der Waals surface area contributed by atoms with Crippen molar-refractivity contribution in [1.82, 2.24) is 0 Å². The van der Waals surface area contributed by atoms with Crippen LogP contribution in [0.4, 0.5) is 8.78 Å². The lowest BCUT2D eigenvalue weighted by molar-refractivity contribution is 0.174. The minimum absolute atomic E-state index is 0.216. The molecule has 1 atom stereocenters. The first-order valence-corrected chi connectivity index (χ1v) is 3.32. The van der Waals surface area contributed by atoms with Crippen LogP contribution in [0.3, 0.4) is 0 Å². The van der Waals surface area contributed by atoms with Crippen molar-refractivity contribution in [3.63, 3.8) is 0 Å². The van der Waals surface area contributed by atoms with E-state index in [-0.39, 0.29) is 12.3 Å². The number of hydrogen-bond acceptors (Lipinski definition) is 0. The van der Waals surface area contributed by atoms with Crippen LogP contribution >= 0.6 is 11.6 Å². The Morgan fingerprint density at radius 1 is 1.56 bits per heavy atom. The second-order valence-corrected chi connectivity index (χ2v) is 2.98. The van der Waals surface area contributed by atoms with E-state index in [1.165, 1.54) is 0 Å². The zero-order valence-electron chi connectivity index (χ0n) is 5.63. The molecule has 0 aliphatic heterocycles. The fourth-order valence-corrected chi connectivity index (χ4v) is 0.486. The number of alkyl halides is 3. The summed E-state index contributed by atoms with van der Waals surface area (Å²) in [5.74, 6) is -0.324. The fraction of sp³-hybridized carbons (Fsp3) is 1.00. The van der Waals surface area contributed by atoms with Gasteiger partial charge >= 0.3 is 0 Å². The molecule has 56 valence electrons. The molecule has 0 radical (unpaired) electrons. The summed E-state index contributed by atoms with van der Waals surface area (Å²) in [4.78, 5) is 0. The zero-order chi connectivity index (χ0) is 7.49. The van der Waals surface area contributed by atoms with Gasteiger partial charge in [-0.25, -0.2) is 4.39 Å². The van der Waals surface area contributed by atoms with Gasteiger partial charge in [0.05, 0.1) is 6.67 Å². The van der Waals surface area contributed by atoms with Crippen LogP contribution in [-0.2, 0) is 0 Å². The first-order chi connectivity index (χ1) is 4.00. The number of halogens is 3. The maximum absolute atomic E-state index is 12.7. The lowest BCUT2D eigenvalue weighted by Crippen LogP contribution is -2.22. The van der Waals surface area contributed by atoms with Crippen LogP contribution in [0.15, 0.2) is 0 Å². The summed E-state index contributed by atoms with van der Waals surface area (Å²) >= 11 is 5.26. The minimum atomic E-state index is -1.85. The average molecular weight is 157 g/mol. The van der Waals surface area contributed by atoms with Gasteiger partial charge in [0.1, 0.15) is 0 Å². The summed E-state index contributed by atoms with van der Waals surface area (Å²) in [6.45, 7) is 2.56. The Balaban J connectivity index is 3.70. The standard InChI is InChI=1S/C6H11ClF2/c1-5(2)6(7,9)3-4-8/h5H,3-4H2,1-2H3. The molecular formula is C6H11ClF2. The van der Waals surface area contributed by atoms with E-state index in [1.54, 1.807) is 13.8 Å². The van der Waals surface area contributed by atoms with E-state index >= 15 is 0 Å². The minimum Gasteiger partial charge on any atom is -0.251 e. The van der Waals surface area contributed by atoms with Gasteiger partial charge in [0, 0.05) is 12.3 Å². The second-order valence-electron chi connectivity index (χ2n) is 2.35. The monoisotopic (exact) mass is 156 g/mol. The third-order valence-corrected chi connectivity index (χ3v) is 1.90. The predicted molar refractivity (Wildman–Crippen MR) is 35.1 cm³/mol. The van der Waals surface area contributed by atoms with Gasteiger partial charge in [-0.3, -0.25) is 4.39 Å². The molecule has 0 bridgehead atoms. The quantitative estimate of drug-likeness (QED) is 0.552. The summed E-state index contributed by atoms with van der Waals surface area (Å²) < 4.78 is 24.3. The van der Waals surface area contributed by atoms with Crippen LogP contribution in [0.25, 0.3) is 0 Å². The van der Waals surface area contributed by atoms with E-state index in [0.29, 0.717) is 0 Å². The molecular weight excluding hydrogens is 146 g/mol. The van der Waals surface area contributed by atoms with Gasteiger partial charge in [0.25, 0.3) is 0 Å². The normalized spacial score (nSPS) is 18.0. The van der Waals surface area contributed by atoms with E-state index < -0.39 is 11.8 Å². The number of rotatable bonds is 3. The smallest absolute Gasteiger partial charge is 0.188 e. The highest BCUT2D eigenvalue weighted by molar-refractivity contribution is 6.22. The van der Waals surface area contributed by atoms with Crippen molar-refractivity contribution < 1.29 is 8.78 Å². The Bertz CT molecular complexity index is 81.1. The molecule has 0 rings (SSSR count). The first-order valence-electron chi connectivity index (χ1n) is 2.94. The van der Waals surface area contributed by atoms with Crippen molar-refractivity contribution in [1.29, 1.82) is 0 Å². The van der Waals surface area contributed by atoms with Crippen LogP contribution in [0, 0.1) is 5.92 Å². The molecule has 0 nitrogen and oxygen atoms in total. The van der Waals surface area contributed by atoms with Crippen LogP contribution < -0.4 is 0 Å². The van der Waals surface area contributed by atoms with Gasteiger partial charge in [0.15, 0.2) is 5.13 Å². The summed E-state index contributed by atoms with van der Waals surface area (Å²) in [7, 11) is 0. The zero-order valence-corrected chi connectivity index (χ0v) is 6.38. The second kappa shape index (κ2) is 3.35. The maximum Gasteiger partial charge on any atom is 0.188 e. The average Bonchev–Trinajstić information content (AvgIpc) is 1.65. The van der Waals surface area contributed by atoms with Gasteiger partial charge < -0.3 is 0 Å². The largest absolute Gasteiger partial charge is 0.251 e. The van der Waals surface area contributed by atoms with Crippen molar-refractivity contribution in [3.8, 4) is 0 Å². The summed E-state index contributed by atoms with van der Waals surface area (Å²) in [5.41, 5.74) is 0. The van der Waals surface area contributed by atoms with Crippen LogP contribution in [0.5, 0.6) is 0 Å². The molecule has 0 aromatic heterocycles. The highest BCUT2D eigenvalue weighted by Gasteiger charge is 2.29. The Labute approximate surface area is 59.2 Å². The van der Waals surface area contributed by atoms with E-state index in [1.807, 2.05) is 0 Å². The first kappa shape index (κ1) is 9.15. The van der Waals surface area contributed by atoms with Gasteiger partial charge in [-0.15, -0.1) is 0 Å². The lowest BCUT2D eigenvalue weighted by Gasteiger charge is -2.19. The fourth-order valence-electron chi connectivity index (χ4n) is 0.415. The third kappa shape index (κ3) is 2.99. The summed E-state index contributed by atoms with van der Waals surface area (Å²) in [6, 6.07) is 0. The highest BCUT2D eigenvalue weighted by atomic mass is 35.5. The molecule has 0 aliphatic rings. The van der Waals surface area contributed by atoms with Crippen molar-refractivity contribution in [3.05, 3.63) is 0 Å². The number of hydrogen-bond donors (Lipinski definition) is 0. The van der Waals surface area contributed by atoms with Crippen molar-refractivity contribution in [2.75, 3.05) is 6.67 Å². The molecule has 0 saturated heterocycles. The molecule has 0 aromatic carbocycles. The molecule has 0 N–H and O–H groups in total. The lowest BCUT2D eigenvalue weighted by atomic mass is 10.1. The van der Waals surface area contributed by atoms with Crippen molar-refractivity contribution >= 4 is 11.6 Å². The molecule has 0 aromatic rings. The predicted octanol–water partition coefficient (Wildman–Crippen LogP) is 2.91. The van der Waals surface area contributed by atoms with E-state index in [0.717, 1.165) is 0 Å². The topological polar surface area (TPSA) is 0 Å². The third-order valence-electron chi connectivity index (χ3n) is 1.27. The molecule has 0 amide bonds. The van der Waals surface area contributed by atoms with Crippen molar-refractivity contribution in [2.45, 2.75) is 25.4 Å². The van der Waals surface area contributed by atoms with E-state index in [4.69, 9.17) is 11.6 Å². The highest BCUT2D eigenvalue weighted by Crippen LogP contribution is 2.30. The van der Waals surface area contributed by atoms with Gasteiger partial charge in [-0.2, -0.15) is 0 Å².